The lowest BCUT2D eigenvalue weighted by atomic mass is 10.2. The van der Waals surface area contributed by atoms with Gasteiger partial charge in [-0.05, 0) is 18.2 Å². The van der Waals surface area contributed by atoms with E-state index in [0.717, 1.165) is 5.52 Å². The Bertz CT molecular complexity index is 492. The number of carbonyl (C=O) groups is 1. The molecule has 0 unspecified atom stereocenters. The summed E-state index contributed by atoms with van der Waals surface area (Å²) in [7, 11) is 1.31. The molecule has 0 aliphatic carbocycles. The van der Waals surface area contributed by atoms with Crippen molar-refractivity contribution >= 4 is 11.5 Å². The average molecular weight is 205 g/mol. The van der Waals surface area contributed by atoms with E-state index in [9.17, 15) is 4.79 Å². The van der Waals surface area contributed by atoms with Crippen LogP contribution in [0.25, 0.3) is 5.52 Å². The van der Waals surface area contributed by atoms with Crippen LogP contribution in [0.4, 0.5) is 0 Å². The molecule has 0 radical (unpaired) electrons. The Hall–Kier alpha value is -1.88. The van der Waals surface area contributed by atoms with Crippen LogP contribution in [0.1, 0.15) is 11.7 Å². The Morgan fingerprint density at radius 2 is 2.33 bits per heavy atom. The van der Waals surface area contributed by atoms with Gasteiger partial charge in [-0.2, -0.15) is 5.10 Å². The van der Waals surface area contributed by atoms with Crippen molar-refractivity contribution in [2.45, 2.75) is 6.04 Å². The molecule has 15 heavy (non-hydrogen) atoms. The van der Waals surface area contributed by atoms with Crippen LogP contribution in [0.15, 0.2) is 30.5 Å². The van der Waals surface area contributed by atoms with Crippen LogP contribution in [-0.4, -0.2) is 22.7 Å². The van der Waals surface area contributed by atoms with E-state index in [4.69, 9.17) is 5.73 Å². The van der Waals surface area contributed by atoms with Crippen molar-refractivity contribution in [3.63, 3.8) is 0 Å². The quantitative estimate of drug-likeness (QED) is 0.725. The standard InChI is InChI=1S/C10H11N3O2/c1-15-10(14)9(11)8-4-2-3-7-5-6-12-13(7)8/h2-6,9H,11H2,1H3/t9-/m1/s1. The molecule has 1 atom stereocenters. The van der Waals surface area contributed by atoms with Gasteiger partial charge >= 0.3 is 5.97 Å². The molecule has 0 saturated heterocycles. The van der Waals surface area contributed by atoms with E-state index in [2.05, 4.69) is 9.84 Å². The Morgan fingerprint density at radius 3 is 3.07 bits per heavy atom. The Labute approximate surface area is 86.4 Å². The molecule has 2 aromatic rings. The zero-order chi connectivity index (χ0) is 10.8. The number of esters is 1. The van der Waals surface area contributed by atoms with Crippen LogP contribution in [0.2, 0.25) is 0 Å². The molecule has 0 bridgehead atoms. The van der Waals surface area contributed by atoms with E-state index in [0.29, 0.717) is 5.69 Å². The van der Waals surface area contributed by atoms with Crippen molar-refractivity contribution in [1.82, 2.24) is 9.61 Å². The number of ether oxygens (including phenoxy) is 1. The summed E-state index contributed by atoms with van der Waals surface area (Å²) in [6, 6.07) is 6.50. The highest BCUT2D eigenvalue weighted by molar-refractivity contribution is 5.77. The van der Waals surface area contributed by atoms with Crippen LogP contribution in [0.5, 0.6) is 0 Å². The highest BCUT2D eigenvalue weighted by Gasteiger charge is 2.18. The topological polar surface area (TPSA) is 69.6 Å². The zero-order valence-electron chi connectivity index (χ0n) is 8.25. The molecule has 0 fully saturated rings. The van der Waals surface area contributed by atoms with Gasteiger partial charge in [0.05, 0.1) is 18.3 Å². The Morgan fingerprint density at radius 1 is 1.53 bits per heavy atom. The van der Waals surface area contributed by atoms with Gasteiger partial charge in [-0.25, -0.2) is 9.31 Å². The van der Waals surface area contributed by atoms with E-state index in [1.54, 1.807) is 16.8 Å². The van der Waals surface area contributed by atoms with Gasteiger partial charge in [-0.15, -0.1) is 0 Å². The number of nitrogens with two attached hydrogens (primary N) is 1. The first-order chi connectivity index (χ1) is 7.24. The summed E-state index contributed by atoms with van der Waals surface area (Å²) in [6.45, 7) is 0. The second kappa shape index (κ2) is 3.70. The third kappa shape index (κ3) is 1.57. The SMILES string of the molecule is COC(=O)[C@H](N)c1cccc2ccnn12. The Balaban J connectivity index is 2.51. The lowest BCUT2D eigenvalue weighted by Crippen LogP contribution is -2.25. The second-order valence-corrected chi connectivity index (χ2v) is 3.12. The van der Waals surface area contributed by atoms with Crippen LogP contribution in [0, 0.1) is 0 Å². The van der Waals surface area contributed by atoms with Crippen molar-refractivity contribution in [3.05, 3.63) is 36.2 Å². The van der Waals surface area contributed by atoms with Gasteiger partial charge in [-0.3, -0.25) is 0 Å². The smallest absolute Gasteiger partial charge is 0.328 e. The molecular weight excluding hydrogens is 194 g/mol. The molecule has 2 rings (SSSR count). The van der Waals surface area contributed by atoms with Crippen LogP contribution in [-0.2, 0) is 9.53 Å². The lowest BCUT2D eigenvalue weighted by Gasteiger charge is -2.10. The average Bonchev–Trinajstić information content (AvgIpc) is 2.74. The summed E-state index contributed by atoms with van der Waals surface area (Å²) in [5, 5.41) is 4.09. The number of aromatic nitrogens is 2. The Kier molecular flexibility index (Phi) is 2.39. The fourth-order valence-corrected chi connectivity index (χ4v) is 1.45. The fraction of sp³-hybridized carbons (Fsp3) is 0.200. The predicted molar refractivity (Wildman–Crippen MR) is 54.1 cm³/mol. The molecule has 78 valence electrons. The third-order valence-electron chi connectivity index (χ3n) is 2.22. The largest absolute Gasteiger partial charge is 0.468 e. The number of fused-ring (bicyclic) bond motifs is 1. The van der Waals surface area contributed by atoms with E-state index in [1.165, 1.54) is 7.11 Å². The van der Waals surface area contributed by atoms with Gasteiger partial charge in [-0.1, -0.05) is 6.07 Å². The monoisotopic (exact) mass is 205 g/mol. The number of nitrogens with zero attached hydrogens (tertiary/aromatic N) is 2. The molecule has 2 N–H and O–H groups in total. The summed E-state index contributed by atoms with van der Waals surface area (Å²) in [5.74, 6) is -0.474. The van der Waals surface area contributed by atoms with Crippen molar-refractivity contribution in [2.75, 3.05) is 7.11 Å². The molecule has 0 saturated carbocycles. The first-order valence-corrected chi connectivity index (χ1v) is 4.50. The number of methoxy groups -OCH3 is 1. The summed E-state index contributed by atoms with van der Waals surface area (Å²) in [6.07, 6.45) is 1.66. The lowest BCUT2D eigenvalue weighted by molar-refractivity contribution is -0.142. The number of rotatable bonds is 2. The zero-order valence-corrected chi connectivity index (χ0v) is 8.25. The molecule has 0 aliphatic rings. The second-order valence-electron chi connectivity index (χ2n) is 3.12. The summed E-state index contributed by atoms with van der Waals surface area (Å²) in [4.78, 5) is 11.3. The van der Waals surface area contributed by atoms with Gasteiger partial charge in [0.2, 0.25) is 0 Å². The van der Waals surface area contributed by atoms with Crippen molar-refractivity contribution in [2.24, 2.45) is 5.73 Å². The van der Waals surface area contributed by atoms with Crippen molar-refractivity contribution in [1.29, 1.82) is 0 Å². The van der Waals surface area contributed by atoms with E-state index >= 15 is 0 Å². The van der Waals surface area contributed by atoms with Gasteiger partial charge in [0.25, 0.3) is 0 Å². The van der Waals surface area contributed by atoms with Gasteiger partial charge in [0.1, 0.15) is 6.04 Å². The fourth-order valence-electron chi connectivity index (χ4n) is 1.45. The molecule has 2 heterocycles. The maximum atomic E-state index is 11.3. The minimum Gasteiger partial charge on any atom is -0.468 e. The number of pyridine rings is 1. The molecule has 0 aliphatic heterocycles. The van der Waals surface area contributed by atoms with Crippen LogP contribution >= 0.6 is 0 Å². The van der Waals surface area contributed by atoms with E-state index in [1.807, 2.05) is 18.2 Å². The highest BCUT2D eigenvalue weighted by Crippen LogP contribution is 2.13. The number of hydrogen-bond acceptors (Lipinski definition) is 4. The minimum absolute atomic E-state index is 0.474. The molecule has 2 aromatic heterocycles. The van der Waals surface area contributed by atoms with Crippen molar-refractivity contribution < 1.29 is 9.53 Å². The summed E-state index contributed by atoms with van der Waals surface area (Å²) in [5.41, 5.74) is 7.25. The van der Waals surface area contributed by atoms with Gasteiger partial charge in [0.15, 0.2) is 0 Å². The minimum atomic E-state index is -0.807. The summed E-state index contributed by atoms with van der Waals surface area (Å²) < 4.78 is 6.21. The highest BCUT2D eigenvalue weighted by atomic mass is 16.5. The van der Waals surface area contributed by atoms with Crippen LogP contribution in [0.3, 0.4) is 0 Å². The number of hydrogen-bond donors (Lipinski definition) is 1. The third-order valence-corrected chi connectivity index (χ3v) is 2.22. The normalized spacial score (nSPS) is 12.7. The molecular formula is C10H11N3O2. The molecule has 5 heteroatoms. The predicted octanol–water partition coefficient (Wildman–Crippen LogP) is 0.507. The maximum absolute atomic E-state index is 11.3. The van der Waals surface area contributed by atoms with Crippen molar-refractivity contribution in [3.8, 4) is 0 Å². The first kappa shape index (κ1) is 9.67. The summed E-state index contributed by atoms with van der Waals surface area (Å²) >= 11 is 0. The molecule has 5 nitrogen and oxygen atoms in total. The van der Waals surface area contributed by atoms with Crippen LogP contribution < -0.4 is 5.73 Å². The van der Waals surface area contributed by atoms with E-state index in [-0.39, 0.29) is 0 Å². The van der Waals surface area contributed by atoms with Gasteiger partial charge in [0, 0.05) is 6.20 Å². The molecule has 0 aromatic carbocycles. The van der Waals surface area contributed by atoms with E-state index < -0.39 is 12.0 Å². The first-order valence-electron chi connectivity index (χ1n) is 4.50. The maximum Gasteiger partial charge on any atom is 0.328 e. The number of carbonyl (C=O) groups excluding carboxylic acids is 1. The van der Waals surface area contributed by atoms with Gasteiger partial charge < -0.3 is 10.5 Å². The molecule has 0 spiro atoms. The molecule has 0 amide bonds.